The van der Waals surface area contributed by atoms with Crippen LogP contribution in [0.5, 0.6) is 0 Å². The van der Waals surface area contributed by atoms with E-state index in [-0.39, 0.29) is 17.1 Å². The SMILES string of the molecule is Cc1ccc(N2C(=O)c3oc4ccc(Br)cc4c(=O)c3C2c2ccc(Br)cc2)cc1Cl. The molecule has 154 valence electrons. The first-order valence-electron chi connectivity index (χ1n) is 9.46. The highest BCUT2D eigenvalue weighted by Gasteiger charge is 2.43. The summed E-state index contributed by atoms with van der Waals surface area (Å²) in [5, 5.41) is 0.969. The largest absolute Gasteiger partial charge is 0.450 e. The van der Waals surface area contributed by atoms with Gasteiger partial charge in [-0.3, -0.25) is 14.5 Å². The maximum atomic E-state index is 13.6. The second kappa shape index (κ2) is 7.62. The van der Waals surface area contributed by atoms with Gasteiger partial charge in [-0.15, -0.1) is 0 Å². The molecule has 0 fully saturated rings. The maximum Gasteiger partial charge on any atom is 0.295 e. The van der Waals surface area contributed by atoms with E-state index in [0.29, 0.717) is 27.2 Å². The van der Waals surface area contributed by atoms with Gasteiger partial charge in [-0.05, 0) is 60.5 Å². The normalized spacial score (nSPS) is 15.5. The molecule has 4 aromatic rings. The Morgan fingerprint density at radius 1 is 0.935 bits per heavy atom. The summed E-state index contributed by atoms with van der Waals surface area (Å²) in [5.41, 5.74) is 2.78. The monoisotopic (exact) mass is 557 g/mol. The van der Waals surface area contributed by atoms with Crippen molar-refractivity contribution in [3.63, 3.8) is 0 Å². The van der Waals surface area contributed by atoms with Crippen molar-refractivity contribution in [2.45, 2.75) is 13.0 Å². The van der Waals surface area contributed by atoms with Crippen LogP contribution in [0.15, 0.2) is 78.8 Å². The van der Waals surface area contributed by atoms with Crippen LogP contribution in [-0.2, 0) is 0 Å². The van der Waals surface area contributed by atoms with Crippen LogP contribution in [0.2, 0.25) is 5.02 Å². The smallest absolute Gasteiger partial charge is 0.295 e. The minimum Gasteiger partial charge on any atom is -0.450 e. The highest BCUT2D eigenvalue weighted by molar-refractivity contribution is 9.10. The van der Waals surface area contributed by atoms with Crippen LogP contribution < -0.4 is 10.3 Å². The molecule has 1 amide bonds. The van der Waals surface area contributed by atoms with Gasteiger partial charge >= 0.3 is 0 Å². The van der Waals surface area contributed by atoms with Crippen LogP contribution in [-0.4, -0.2) is 5.91 Å². The Hall–Kier alpha value is -2.41. The molecule has 4 nitrogen and oxygen atoms in total. The number of aryl methyl sites for hydroxylation is 1. The van der Waals surface area contributed by atoms with E-state index in [2.05, 4.69) is 31.9 Å². The quantitative estimate of drug-likeness (QED) is 0.265. The van der Waals surface area contributed by atoms with Crippen molar-refractivity contribution in [3.8, 4) is 0 Å². The highest BCUT2D eigenvalue weighted by Crippen LogP contribution is 2.42. The van der Waals surface area contributed by atoms with Gasteiger partial charge in [-0.1, -0.05) is 61.7 Å². The number of amides is 1. The fourth-order valence-electron chi connectivity index (χ4n) is 3.90. The van der Waals surface area contributed by atoms with Crippen molar-refractivity contribution in [2.75, 3.05) is 4.90 Å². The number of carbonyl (C=O) groups excluding carboxylic acids is 1. The van der Waals surface area contributed by atoms with Gasteiger partial charge in [0.1, 0.15) is 5.58 Å². The van der Waals surface area contributed by atoms with Gasteiger partial charge in [0, 0.05) is 19.7 Å². The molecule has 0 saturated carbocycles. The molecule has 1 atom stereocenters. The molecule has 1 aromatic heterocycles. The number of fused-ring (bicyclic) bond motifs is 2. The zero-order valence-corrected chi connectivity index (χ0v) is 20.1. The summed E-state index contributed by atoms with van der Waals surface area (Å²) in [6, 6.07) is 17.5. The van der Waals surface area contributed by atoms with Crippen LogP contribution in [0.25, 0.3) is 11.0 Å². The third-order valence-electron chi connectivity index (χ3n) is 5.45. The van der Waals surface area contributed by atoms with Gasteiger partial charge in [-0.2, -0.15) is 0 Å². The first kappa shape index (κ1) is 20.5. The summed E-state index contributed by atoms with van der Waals surface area (Å²) in [6.07, 6.45) is 0. The lowest BCUT2D eigenvalue weighted by Gasteiger charge is -2.25. The van der Waals surface area contributed by atoms with Crippen molar-refractivity contribution in [2.24, 2.45) is 0 Å². The Morgan fingerprint density at radius 2 is 1.65 bits per heavy atom. The summed E-state index contributed by atoms with van der Waals surface area (Å²) in [5.74, 6) is -0.311. The Kier molecular flexibility index (Phi) is 5.04. The van der Waals surface area contributed by atoms with E-state index in [9.17, 15) is 9.59 Å². The minimum absolute atomic E-state index is 0.0597. The predicted octanol–water partition coefficient (Wildman–Crippen LogP) is 7.03. The molecular weight excluding hydrogens is 546 g/mol. The van der Waals surface area contributed by atoms with Gasteiger partial charge in [0.05, 0.1) is 17.0 Å². The molecule has 0 aliphatic carbocycles. The number of hydrogen-bond donors (Lipinski definition) is 0. The van der Waals surface area contributed by atoms with Gasteiger partial charge in [0.15, 0.2) is 5.43 Å². The molecule has 0 saturated heterocycles. The van der Waals surface area contributed by atoms with Gasteiger partial charge in [0.2, 0.25) is 5.76 Å². The molecule has 1 aliphatic rings. The van der Waals surface area contributed by atoms with Crippen LogP contribution >= 0.6 is 43.5 Å². The topological polar surface area (TPSA) is 50.5 Å². The molecule has 5 rings (SSSR count). The molecule has 0 N–H and O–H groups in total. The number of nitrogens with zero attached hydrogens (tertiary/aromatic N) is 1. The molecule has 7 heteroatoms. The summed E-state index contributed by atoms with van der Waals surface area (Å²) in [4.78, 5) is 28.7. The molecular formula is C24H14Br2ClNO3. The fraction of sp³-hybridized carbons (Fsp3) is 0.0833. The van der Waals surface area contributed by atoms with Crippen molar-refractivity contribution in [3.05, 3.63) is 107 Å². The van der Waals surface area contributed by atoms with E-state index >= 15 is 0 Å². The average Bonchev–Trinajstić information content (AvgIpc) is 3.04. The van der Waals surface area contributed by atoms with Crippen LogP contribution in [0.1, 0.15) is 33.3 Å². The lowest BCUT2D eigenvalue weighted by atomic mass is 9.98. The Balaban J connectivity index is 1.82. The van der Waals surface area contributed by atoms with Crippen LogP contribution in [0.3, 0.4) is 0 Å². The first-order chi connectivity index (χ1) is 14.8. The first-order valence-corrected chi connectivity index (χ1v) is 11.4. The van der Waals surface area contributed by atoms with E-state index in [1.54, 1.807) is 29.2 Å². The summed E-state index contributed by atoms with van der Waals surface area (Å²) in [6.45, 7) is 1.90. The van der Waals surface area contributed by atoms with E-state index in [1.165, 1.54) is 0 Å². The van der Waals surface area contributed by atoms with Crippen molar-refractivity contribution in [1.82, 2.24) is 0 Å². The number of rotatable bonds is 2. The van der Waals surface area contributed by atoms with Gasteiger partial charge in [-0.25, -0.2) is 0 Å². The average molecular weight is 560 g/mol. The molecule has 1 aliphatic heterocycles. The van der Waals surface area contributed by atoms with Crippen molar-refractivity contribution in [1.29, 1.82) is 0 Å². The molecule has 0 radical (unpaired) electrons. The van der Waals surface area contributed by atoms with Crippen molar-refractivity contribution >= 4 is 66.0 Å². The third kappa shape index (κ3) is 3.34. The van der Waals surface area contributed by atoms with Crippen molar-refractivity contribution < 1.29 is 9.21 Å². The van der Waals surface area contributed by atoms with Crippen LogP contribution in [0.4, 0.5) is 5.69 Å². The summed E-state index contributed by atoms with van der Waals surface area (Å²) >= 11 is 13.2. The zero-order valence-electron chi connectivity index (χ0n) is 16.2. The zero-order chi connectivity index (χ0) is 21.9. The van der Waals surface area contributed by atoms with Crippen LogP contribution in [0, 0.1) is 6.92 Å². The van der Waals surface area contributed by atoms with E-state index in [4.69, 9.17) is 16.0 Å². The second-order valence-corrected chi connectivity index (χ2v) is 9.62. The number of carbonyl (C=O) groups is 1. The molecule has 31 heavy (non-hydrogen) atoms. The maximum absolute atomic E-state index is 13.6. The summed E-state index contributed by atoms with van der Waals surface area (Å²) < 4.78 is 7.65. The van der Waals surface area contributed by atoms with E-state index < -0.39 is 6.04 Å². The molecule has 3 aromatic carbocycles. The molecule has 1 unspecified atom stereocenters. The second-order valence-electron chi connectivity index (χ2n) is 7.38. The Labute approximate surface area is 199 Å². The number of hydrogen-bond acceptors (Lipinski definition) is 3. The van der Waals surface area contributed by atoms with Gasteiger partial charge in [0.25, 0.3) is 5.91 Å². The predicted molar refractivity (Wildman–Crippen MR) is 129 cm³/mol. The number of benzene rings is 3. The fourth-order valence-corrected chi connectivity index (χ4v) is 4.70. The van der Waals surface area contributed by atoms with E-state index in [1.807, 2.05) is 43.3 Å². The minimum atomic E-state index is -0.631. The molecule has 0 spiro atoms. The van der Waals surface area contributed by atoms with E-state index in [0.717, 1.165) is 20.1 Å². The van der Waals surface area contributed by atoms with Gasteiger partial charge < -0.3 is 4.42 Å². The Bertz CT molecular complexity index is 1430. The number of anilines is 1. The molecule has 0 bridgehead atoms. The highest BCUT2D eigenvalue weighted by atomic mass is 79.9. The third-order valence-corrected chi connectivity index (χ3v) is 6.88. The lowest BCUT2D eigenvalue weighted by molar-refractivity contribution is 0.0971. The standard InChI is InChI=1S/C24H14Br2ClNO3/c1-12-2-8-16(11-18(12)27)28-21(13-3-5-14(25)6-4-13)20-22(29)17-10-15(26)7-9-19(17)31-23(20)24(28)30/h2-11,21H,1H3. The number of halogens is 3. The summed E-state index contributed by atoms with van der Waals surface area (Å²) in [7, 11) is 0. The lowest BCUT2D eigenvalue weighted by Crippen LogP contribution is -2.29. The Morgan fingerprint density at radius 3 is 2.35 bits per heavy atom. The molecule has 2 heterocycles.